The number of H-pyrrole nitrogens is 1. The number of carboxylic acids is 2. The van der Waals surface area contributed by atoms with Crippen LogP contribution >= 0.6 is 0 Å². The van der Waals surface area contributed by atoms with Crippen molar-refractivity contribution < 1.29 is 38.9 Å². The van der Waals surface area contributed by atoms with Crippen LogP contribution in [0.2, 0.25) is 0 Å². The van der Waals surface area contributed by atoms with Crippen LogP contribution in [0.1, 0.15) is 57.6 Å². The van der Waals surface area contributed by atoms with Crippen molar-refractivity contribution in [2.75, 3.05) is 0 Å². The van der Waals surface area contributed by atoms with Crippen LogP contribution in [0.4, 0.5) is 9.59 Å². The standard InChI is InChI=1S/C18H26N2O8/c1-17(2,3)27-15(25)20(16(26)28-18(4,5)6)12(14(23)24)8-10-7-11(13(21)22)19-9-10/h7,9,12,19H,8H2,1-6H3,(H,21,22)(H,23,24)/t12-/m0/s1. The van der Waals surface area contributed by atoms with E-state index < -0.39 is 41.4 Å². The van der Waals surface area contributed by atoms with E-state index >= 15 is 0 Å². The maximum Gasteiger partial charge on any atom is 0.420 e. The molecule has 0 fully saturated rings. The summed E-state index contributed by atoms with van der Waals surface area (Å²) < 4.78 is 10.3. The molecule has 0 radical (unpaired) electrons. The summed E-state index contributed by atoms with van der Waals surface area (Å²) in [6.07, 6.45) is -1.40. The van der Waals surface area contributed by atoms with Crippen molar-refractivity contribution in [3.63, 3.8) is 0 Å². The Balaban J connectivity index is 3.26. The van der Waals surface area contributed by atoms with E-state index in [-0.39, 0.29) is 17.7 Å². The highest BCUT2D eigenvalue weighted by molar-refractivity contribution is 5.94. The lowest BCUT2D eigenvalue weighted by Crippen LogP contribution is -2.52. The zero-order valence-electron chi connectivity index (χ0n) is 16.7. The predicted octanol–water partition coefficient (Wildman–Crippen LogP) is 2.88. The van der Waals surface area contributed by atoms with Crippen LogP contribution < -0.4 is 0 Å². The molecular weight excluding hydrogens is 372 g/mol. The fraction of sp³-hybridized carbons (Fsp3) is 0.556. The number of carbonyl (C=O) groups is 4. The third kappa shape index (κ3) is 6.93. The van der Waals surface area contributed by atoms with Crippen LogP contribution in [0, 0.1) is 0 Å². The molecule has 0 aliphatic carbocycles. The van der Waals surface area contributed by atoms with Crippen LogP contribution in [0.5, 0.6) is 0 Å². The van der Waals surface area contributed by atoms with Crippen LogP contribution in [0.3, 0.4) is 0 Å². The molecule has 0 aliphatic rings. The van der Waals surface area contributed by atoms with Gasteiger partial charge < -0.3 is 24.7 Å². The van der Waals surface area contributed by atoms with Crippen molar-refractivity contribution in [3.05, 3.63) is 23.5 Å². The van der Waals surface area contributed by atoms with Crippen molar-refractivity contribution in [1.29, 1.82) is 0 Å². The average molecular weight is 398 g/mol. The Labute approximate surface area is 162 Å². The van der Waals surface area contributed by atoms with Crippen LogP contribution in [-0.4, -0.2) is 61.5 Å². The number of aromatic amines is 1. The van der Waals surface area contributed by atoms with Gasteiger partial charge in [-0.05, 0) is 53.2 Å². The Morgan fingerprint density at radius 2 is 1.46 bits per heavy atom. The topological polar surface area (TPSA) is 146 Å². The molecule has 1 aromatic heterocycles. The molecule has 0 saturated carbocycles. The lowest BCUT2D eigenvalue weighted by Gasteiger charge is -2.31. The third-order valence-electron chi connectivity index (χ3n) is 3.18. The average Bonchev–Trinajstić information content (AvgIpc) is 2.91. The molecule has 1 aromatic rings. The monoisotopic (exact) mass is 398 g/mol. The first-order chi connectivity index (χ1) is 12.6. The third-order valence-corrected chi connectivity index (χ3v) is 3.18. The molecule has 1 heterocycles. The molecule has 0 bridgehead atoms. The van der Waals surface area contributed by atoms with E-state index in [2.05, 4.69) is 4.98 Å². The minimum absolute atomic E-state index is 0.153. The lowest BCUT2D eigenvalue weighted by atomic mass is 10.1. The van der Waals surface area contributed by atoms with E-state index in [1.807, 2.05) is 0 Å². The molecule has 0 spiro atoms. The van der Waals surface area contributed by atoms with Gasteiger partial charge in [0, 0.05) is 12.6 Å². The molecule has 28 heavy (non-hydrogen) atoms. The Hall–Kier alpha value is -3.04. The van der Waals surface area contributed by atoms with Gasteiger partial charge in [0.25, 0.3) is 0 Å². The second-order valence-electron chi connectivity index (χ2n) is 8.12. The minimum atomic E-state index is -1.66. The summed E-state index contributed by atoms with van der Waals surface area (Å²) in [6.45, 7) is 9.41. The number of nitrogens with one attached hydrogen (secondary N) is 1. The van der Waals surface area contributed by atoms with Crippen molar-refractivity contribution >= 4 is 24.1 Å². The molecule has 0 saturated heterocycles. The van der Waals surface area contributed by atoms with Gasteiger partial charge in [-0.2, -0.15) is 4.90 Å². The van der Waals surface area contributed by atoms with Gasteiger partial charge in [0.15, 0.2) is 0 Å². The lowest BCUT2D eigenvalue weighted by molar-refractivity contribution is -0.143. The molecule has 10 heteroatoms. The molecule has 0 aromatic carbocycles. The Morgan fingerprint density at radius 3 is 1.79 bits per heavy atom. The van der Waals surface area contributed by atoms with E-state index in [0.717, 1.165) is 0 Å². The first-order valence-corrected chi connectivity index (χ1v) is 8.49. The van der Waals surface area contributed by atoms with E-state index in [9.17, 15) is 24.3 Å². The fourth-order valence-corrected chi connectivity index (χ4v) is 2.14. The summed E-state index contributed by atoms with van der Waals surface area (Å²) in [4.78, 5) is 50.9. The molecule has 3 N–H and O–H groups in total. The summed E-state index contributed by atoms with van der Waals surface area (Å²) in [5.41, 5.74) is -1.84. The largest absolute Gasteiger partial charge is 0.480 e. The van der Waals surface area contributed by atoms with E-state index in [0.29, 0.717) is 4.90 Å². The number of aromatic carboxylic acids is 1. The van der Waals surface area contributed by atoms with Crippen molar-refractivity contribution in [3.8, 4) is 0 Å². The molecule has 0 unspecified atom stereocenters. The highest BCUT2D eigenvalue weighted by Crippen LogP contribution is 2.19. The van der Waals surface area contributed by atoms with E-state index in [1.165, 1.54) is 12.3 Å². The quantitative estimate of drug-likeness (QED) is 0.686. The molecular formula is C18H26N2O8. The zero-order valence-corrected chi connectivity index (χ0v) is 16.7. The molecule has 0 aliphatic heterocycles. The number of hydrogen-bond acceptors (Lipinski definition) is 6. The van der Waals surface area contributed by atoms with Gasteiger partial charge in [-0.15, -0.1) is 0 Å². The summed E-state index contributed by atoms with van der Waals surface area (Å²) in [7, 11) is 0. The van der Waals surface area contributed by atoms with Gasteiger partial charge in [-0.3, -0.25) is 0 Å². The highest BCUT2D eigenvalue weighted by Gasteiger charge is 2.40. The number of ether oxygens (including phenoxy) is 2. The minimum Gasteiger partial charge on any atom is -0.480 e. The molecule has 1 rings (SSSR count). The predicted molar refractivity (Wildman–Crippen MR) is 97.2 cm³/mol. The van der Waals surface area contributed by atoms with Gasteiger partial charge in [0.1, 0.15) is 22.9 Å². The first-order valence-electron chi connectivity index (χ1n) is 8.49. The Morgan fingerprint density at radius 1 is 1.00 bits per heavy atom. The van der Waals surface area contributed by atoms with Gasteiger partial charge in [-0.1, -0.05) is 0 Å². The van der Waals surface area contributed by atoms with Crippen LogP contribution in [0.15, 0.2) is 12.3 Å². The first kappa shape index (κ1) is 23.0. The summed E-state index contributed by atoms with van der Waals surface area (Å²) in [5.74, 6) is -2.70. The molecule has 10 nitrogen and oxygen atoms in total. The van der Waals surface area contributed by atoms with Crippen LogP contribution in [0.25, 0.3) is 0 Å². The summed E-state index contributed by atoms with van der Waals surface area (Å²) in [5, 5.41) is 18.6. The molecule has 2 amide bonds. The number of imide groups is 1. The van der Waals surface area contributed by atoms with Crippen molar-refractivity contribution in [1.82, 2.24) is 9.88 Å². The fourth-order valence-electron chi connectivity index (χ4n) is 2.14. The Kier molecular flexibility index (Phi) is 6.84. The van der Waals surface area contributed by atoms with Gasteiger partial charge in [0.05, 0.1) is 0 Å². The normalized spacial score (nSPS) is 12.8. The number of carboxylic acid groups (broad SMARTS) is 2. The zero-order chi connectivity index (χ0) is 21.9. The number of carbonyl (C=O) groups excluding carboxylic acids is 2. The molecule has 156 valence electrons. The molecule has 1 atom stereocenters. The smallest absolute Gasteiger partial charge is 0.420 e. The highest BCUT2D eigenvalue weighted by atomic mass is 16.6. The summed E-state index contributed by atoms with van der Waals surface area (Å²) >= 11 is 0. The van der Waals surface area contributed by atoms with Gasteiger partial charge in [0.2, 0.25) is 0 Å². The van der Waals surface area contributed by atoms with E-state index in [4.69, 9.17) is 14.6 Å². The second kappa shape index (κ2) is 8.32. The van der Waals surface area contributed by atoms with Gasteiger partial charge >= 0.3 is 24.1 Å². The number of aliphatic carboxylic acids is 1. The number of amides is 2. The number of hydrogen-bond donors (Lipinski definition) is 3. The van der Waals surface area contributed by atoms with Gasteiger partial charge in [-0.25, -0.2) is 19.2 Å². The number of rotatable bonds is 5. The number of nitrogens with zero attached hydrogens (tertiary/aromatic N) is 1. The van der Waals surface area contributed by atoms with Crippen molar-refractivity contribution in [2.45, 2.75) is 65.2 Å². The second-order valence-corrected chi connectivity index (χ2v) is 8.12. The maximum absolute atomic E-state index is 12.6. The summed E-state index contributed by atoms with van der Waals surface area (Å²) in [6, 6.07) is -0.442. The Bertz CT molecular complexity index is 726. The van der Waals surface area contributed by atoms with Crippen LogP contribution in [-0.2, 0) is 20.7 Å². The SMILES string of the molecule is CC(C)(C)OC(=O)N(C(=O)OC(C)(C)C)[C@@H](Cc1c[nH]c(C(=O)O)c1)C(=O)O. The number of aromatic nitrogens is 1. The maximum atomic E-state index is 12.6. The van der Waals surface area contributed by atoms with Crippen molar-refractivity contribution in [2.24, 2.45) is 0 Å². The van der Waals surface area contributed by atoms with E-state index in [1.54, 1.807) is 41.5 Å².